The van der Waals surface area contributed by atoms with Gasteiger partial charge in [-0.15, -0.1) is 12.4 Å². The molecule has 4 rings (SSSR count). The molecule has 1 fully saturated rings. The molecule has 2 aromatic carbocycles. The largest absolute Gasteiger partial charge is 0.489 e. The highest BCUT2D eigenvalue weighted by Gasteiger charge is 2.27. The molecule has 1 aliphatic heterocycles. The fourth-order valence-electron chi connectivity index (χ4n) is 3.69. The van der Waals surface area contributed by atoms with Gasteiger partial charge in [0.2, 0.25) is 5.91 Å². The van der Waals surface area contributed by atoms with Crippen LogP contribution in [-0.2, 0) is 17.9 Å². The lowest BCUT2D eigenvalue weighted by atomic mass is 10.2. The molecule has 9 heteroatoms. The van der Waals surface area contributed by atoms with Crippen molar-refractivity contribution in [1.29, 1.82) is 5.26 Å². The zero-order chi connectivity index (χ0) is 22.5. The summed E-state index contributed by atoms with van der Waals surface area (Å²) in [6, 6.07) is 19.6. The molecule has 0 bridgehead atoms. The van der Waals surface area contributed by atoms with Gasteiger partial charge in [0.05, 0.1) is 25.7 Å². The number of aromatic nitrogens is 2. The average molecular weight is 486 g/mol. The summed E-state index contributed by atoms with van der Waals surface area (Å²) in [5.41, 5.74) is 2.93. The number of carbonyl (C=O) groups is 1. The maximum atomic E-state index is 12.6. The van der Waals surface area contributed by atoms with Gasteiger partial charge in [0.25, 0.3) is 0 Å². The Kier molecular flexibility index (Phi) is 8.34. The third-order valence-electron chi connectivity index (χ3n) is 5.42. The van der Waals surface area contributed by atoms with Crippen LogP contribution in [0, 0.1) is 18.3 Å². The fourth-order valence-corrected chi connectivity index (χ4v) is 3.89. The quantitative estimate of drug-likeness (QED) is 0.471. The topological polar surface area (TPSA) is 74.4 Å². The van der Waals surface area contributed by atoms with Gasteiger partial charge in [-0.25, -0.2) is 0 Å². The van der Waals surface area contributed by atoms with E-state index in [4.69, 9.17) is 21.6 Å². The summed E-state index contributed by atoms with van der Waals surface area (Å²) in [6.45, 7) is 4.54. The van der Waals surface area contributed by atoms with Crippen molar-refractivity contribution in [1.82, 2.24) is 14.7 Å². The van der Waals surface area contributed by atoms with Crippen molar-refractivity contribution in [2.45, 2.75) is 20.1 Å². The summed E-state index contributed by atoms with van der Waals surface area (Å²) in [5.74, 6) is 1.32. The van der Waals surface area contributed by atoms with Gasteiger partial charge in [0, 0.05) is 35.4 Å². The van der Waals surface area contributed by atoms with Crippen molar-refractivity contribution in [2.24, 2.45) is 0 Å². The lowest BCUT2D eigenvalue weighted by molar-refractivity contribution is -0.121. The molecule has 7 nitrogen and oxygen atoms in total. The number of nitriles is 1. The Balaban J connectivity index is 0.00000306. The van der Waals surface area contributed by atoms with Gasteiger partial charge >= 0.3 is 0 Å². The van der Waals surface area contributed by atoms with E-state index < -0.39 is 0 Å². The zero-order valence-electron chi connectivity index (χ0n) is 18.3. The number of rotatable bonds is 7. The summed E-state index contributed by atoms with van der Waals surface area (Å²) in [4.78, 5) is 16.1. The van der Waals surface area contributed by atoms with Gasteiger partial charge in [-0.3, -0.25) is 19.3 Å². The molecule has 0 spiro atoms. The summed E-state index contributed by atoms with van der Waals surface area (Å²) < 4.78 is 7.92. The molecule has 1 aliphatic rings. The van der Waals surface area contributed by atoms with Crippen molar-refractivity contribution < 1.29 is 9.53 Å². The number of piperazine rings is 1. The van der Waals surface area contributed by atoms with Crippen LogP contribution < -0.4 is 9.64 Å². The van der Waals surface area contributed by atoms with Crippen molar-refractivity contribution in [3.63, 3.8) is 0 Å². The molecular formula is C24H25Cl2N5O2. The maximum Gasteiger partial charge on any atom is 0.242 e. The normalized spacial score (nSPS) is 14.0. The average Bonchev–Trinajstić information content (AvgIpc) is 3.14. The molecule has 33 heavy (non-hydrogen) atoms. The van der Waals surface area contributed by atoms with E-state index in [0.717, 1.165) is 22.6 Å². The van der Waals surface area contributed by atoms with Crippen LogP contribution >= 0.6 is 24.0 Å². The molecule has 1 amide bonds. The molecule has 0 N–H and O–H groups in total. The van der Waals surface area contributed by atoms with Crippen molar-refractivity contribution >= 4 is 35.7 Å². The molecule has 3 aromatic rings. The highest BCUT2D eigenvalue weighted by Crippen LogP contribution is 2.26. The van der Waals surface area contributed by atoms with E-state index >= 15 is 0 Å². The fraction of sp³-hybridized carbons (Fsp3) is 0.292. The number of halogens is 2. The first-order valence-corrected chi connectivity index (χ1v) is 10.8. The van der Waals surface area contributed by atoms with E-state index in [2.05, 4.69) is 11.2 Å². The number of hydrogen-bond acceptors (Lipinski definition) is 5. The van der Waals surface area contributed by atoms with Crippen LogP contribution in [-0.4, -0.2) is 46.8 Å². The number of carbonyl (C=O) groups excluding carboxylic acids is 1. The molecule has 172 valence electrons. The molecule has 0 unspecified atom stereocenters. The number of amides is 1. The van der Waals surface area contributed by atoms with Crippen LogP contribution in [0.25, 0.3) is 0 Å². The first-order valence-electron chi connectivity index (χ1n) is 10.4. The van der Waals surface area contributed by atoms with Gasteiger partial charge in [-0.05, 0) is 30.7 Å². The summed E-state index contributed by atoms with van der Waals surface area (Å²) in [6.07, 6.45) is 0. The van der Waals surface area contributed by atoms with Crippen LogP contribution in [0.5, 0.6) is 5.75 Å². The van der Waals surface area contributed by atoms with Crippen molar-refractivity contribution in [3.05, 3.63) is 76.4 Å². The number of anilines is 1. The Morgan fingerprint density at radius 3 is 2.67 bits per heavy atom. The Bertz CT molecular complexity index is 1140. The predicted molar refractivity (Wildman–Crippen MR) is 130 cm³/mol. The molecule has 0 radical (unpaired) electrons. The van der Waals surface area contributed by atoms with E-state index in [9.17, 15) is 4.79 Å². The van der Waals surface area contributed by atoms with E-state index in [1.54, 1.807) is 4.90 Å². The van der Waals surface area contributed by atoms with Crippen molar-refractivity contribution in [3.8, 4) is 11.8 Å². The summed E-state index contributed by atoms with van der Waals surface area (Å²) in [5, 5.41) is 14.2. The molecule has 0 aliphatic carbocycles. The smallest absolute Gasteiger partial charge is 0.242 e. The summed E-state index contributed by atoms with van der Waals surface area (Å²) in [7, 11) is 0. The van der Waals surface area contributed by atoms with Crippen LogP contribution in [0.3, 0.4) is 0 Å². The molecule has 0 atom stereocenters. The van der Waals surface area contributed by atoms with Crippen LogP contribution in [0.2, 0.25) is 5.02 Å². The highest BCUT2D eigenvalue weighted by atomic mass is 35.5. The number of nitrogens with zero attached hydrogens (tertiary/aromatic N) is 5. The van der Waals surface area contributed by atoms with Gasteiger partial charge in [0.1, 0.15) is 12.4 Å². The molecule has 0 saturated carbocycles. The van der Waals surface area contributed by atoms with Crippen LogP contribution in [0.1, 0.15) is 16.8 Å². The lowest BCUT2D eigenvalue weighted by Crippen LogP contribution is -2.50. The van der Waals surface area contributed by atoms with Gasteiger partial charge in [0.15, 0.2) is 5.82 Å². The van der Waals surface area contributed by atoms with E-state index in [-0.39, 0.29) is 31.4 Å². The number of aryl methyl sites for hydroxylation is 1. The number of benzene rings is 2. The first kappa shape index (κ1) is 24.6. The minimum atomic E-state index is -0.0502. The second kappa shape index (κ2) is 11.2. The number of hydrogen-bond donors (Lipinski definition) is 0. The predicted octanol–water partition coefficient (Wildman–Crippen LogP) is 4.07. The Morgan fingerprint density at radius 1 is 1.15 bits per heavy atom. The second-order valence-corrected chi connectivity index (χ2v) is 8.18. The van der Waals surface area contributed by atoms with Crippen LogP contribution in [0.4, 0.5) is 5.82 Å². The Morgan fingerprint density at radius 2 is 1.94 bits per heavy atom. The lowest BCUT2D eigenvalue weighted by Gasteiger charge is -2.31. The third kappa shape index (κ3) is 6.05. The van der Waals surface area contributed by atoms with E-state index in [0.29, 0.717) is 37.1 Å². The second-order valence-electron chi connectivity index (χ2n) is 7.74. The molecule has 1 aromatic heterocycles. The molecule has 1 saturated heterocycles. The van der Waals surface area contributed by atoms with E-state index in [1.807, 2.05) is 71.1 Å². The van der Waals surface area contributed by atoms with Crippen LogP contribution in [0.15, 0.2) is 54.6 Å². The van der Waals surface area contributed by atoms with E-state index in [1.165, 1.54) is 0 Å². The third-order valence-corrected chi connectivity index (χ3v) is 5.65. The minimum Gasteiger partial charge on any atom is -0.489 e. The number of ether oxygens (including phenoxy) is 1. The minimum absolute atomic E-state index is 0. The Labute approximate surface area is 204 Å². The highest BCUT2D eigenvalue weighted by molar-refractivity contribution is 6.30. The van der Waals surface area contributed by atoms with Gasteiger partial charge in [-0.2, -0.15) is 10.4 Å². The first-order chi connectivity index (χ1) is 15.5. The Hall–Kier alpha value is -3.05. The summed E-state index contributed by atoms with van der Waals surface area (Å²) >= 11 is 6.26. The SMILES string of the molecule is Cc1cc(N2CCN(CC#N)CC2=O)nn1Cc1cc(Cl)ccc1OCc1ccccc1.Cl. The maximum absolute atomic E-state index is 12.6. The van der Waals surface area contributed by atoms with Crippen molar-refractivity contribution in [2.75, 3.05) is 31.1 Å². The standard InChI is InChI=1S/C24H24ClN5O2.ClH/c1-18-13-23(29-12-11-28(10-9-26)16-24(29)31)27-30(18)15-20-14-21(25)7-8-22(20)32-17-19-5-3-2-4-6-19;/h2-8,13-14H,10-12,15-17H2,1H3;1H. The van der Waals surface area contributed by atoms with Gasteiger partial charge in [-0.1, -0.05) is 41.9 Å². The monoisotopic (exact) mass is 485 g/mol. The molecule has 2 heterocycles. The van der Waals surface area contributed by atoms with Gasteiger partial charge < -0.3 is 4.74 Å². The molecular weight excluding hydrogens is 461 g/mol. The zero-order valence-corrected chi connectivity index (χ0v) is 19.8.